The second kappa shape index (κ2) is 3.04. The van der Waals surface area contributed by atoms with E-state index in [-0.39, 0.29) is 5.66 Å². The molecule has 0 aliphatic carbocycles. The molecule has 0 saturated heterocycles. The van der Waals surface area contributed by atoms with E-state index in [1.807, 2.05) is 0 Å². The van der Waals surface area contributed by atoms with Crippen LogP contribution in [0.3, 0.4) is 0 Å². The molecule has 1 rings (SSSR count). The third-order valence-corrected chi connectivity index (χ3v) is 1.79. The molecule has 0 unspecified atom stereocenters. The second-order valence-electron chi connectivity index (χ2n) is 3.48. The summed E-state index contributed by atoms with van der Waals surface area (Å²) in [6.07, 6.45) is 7.93. The van der Waals surface area contributed by atoms with Crippen LogP contribution in [0.15, 0.2) is 10.2 Å². The number of hydrogen-bond donors (Lipinski definition) is 0. The van der Waals surface area contributed by atoms with Gasteiger partial charge in [0.1, 0.15) is 0 Å². The van der Waals surface area contributed by atoms with Crippen LogP contribution < -0.4 is 0 Å². The van der Waals surface area contributed by atoms with Crippen LogP contribution in [0.1, 0.15) is 33.1 Å². The Kier molecular flexibility index (Phi) is 2.28. The number of terminal acetylenes is 1. The number of hydrogen-bond acceptors (Lipinski definition) is 2. The van der Waals surface area contributed by atoms with E-state index in [1.165, 1.54) is 0 Å². The monoisotopic (exact) mass is 150 g/mol. The molecule has 60 valence electrons. The van der Waals surface area contributed by atoms with Crippen molar-refractivity contribution in [1.82, 2.24) is 0 Å². The minimum atomic E-state index is -0.0689. The van der Waals surface area contributed by atoms with Gasteiger partial charge in [-0.3, -0.25) is 0 Å². The van der Waals surface area contributed by atoms with Gasteiger partial charge in [-0.25, -0.2) is 0 Å². The summed E-state index contributed by atoms with van der Waals surface area (Å²) in [4.78, 5) is 0. The maximum absolute atomic E-state index is 5.16. The molecule has 0 amide bonds. The van der Waals surface area contributed by atoms with Crippen LogP contribution in [0.5, 0.6) is 0 Å². The quantitative estimate of drug-likeness (QED) is 0.550. The van der Waals surface area contributed by atoms with Crippen molar-refractivity contribution >= 4 is 0 Å². The fourth-order valence-corrected chi connectivity index (χ4v) is 1.28. The molecular weight excluding hydrogens is 136 g/mol. The maximum Gasteiger partial charge on any atom is 0.192 e. The molecule has 2 heteroatoms. The Morgan fingerprint density at radius 2 is 2.09 bits per heavy atom. The lowest BCUT2D eigenvalue weighted by atomic mass is 9.97. The molecule has 1 heterocycles. The Labute approximate surface area is 68.1 Å². The van der Waals surface area contributed by atoms with Gasteiger partial charge in [0.25, 0.3) is 0 Å². The molecule has 0 aromatic heterocycles. The highest BCUT2D eigenvalue weighted by atomic mass is 15.4. The van der Waals surface area contributed by atoms with Crippen molar-refractivity contribution in [2.45, 2.75) is 38.8 Å². The maximum atomic E-state index is 5.16. The lowest BCUT2D eigenvalue weighted by Crippen LogP contribution is -2.13. The van der Waals surface area contributed by atoms with Crippen LogP contribution in [0.25, 0.3) is 0 Å². The average Bonchev–Trinajstić information content (AvgIpc) is 2.64. The summed E-state index contributed by atoms with van der Waals surface area (Å²) < 4.78 is 0. The van der Waals surface area contributed by atoms with Gasteiger partial charge in [0.05, 0.1) is 0 Å². The van der Waals surface area contributed by atoms with Crippen LogP contribution in [-0.4, -0.2) is 5.66 Å². The zero-order valence-corrected chi connectivity index (χ0v) is 7.17. The minimum absolute atomic E-state index is 0.0689. The minimum Gasteiger partial charge on any atom is -0.159 e. The molecular formula is C9H14N2. The molecule has 11 heavy (non-hydrogen) atoms. The fraction of sp³-hybridized carbons (Fsp3) is 0.778. The van der Waals surface area contributed by atoms with Crippen molar-refractivity contribution in [3.8, 4) is 12.3 Å². The third-order valence-electron chi connectivity index (χ3n) is 1.79. The molecule has 0 atom stereocenters. The van der Waals surface area contributed by atoms with Gasteiger partial charge < -0.3 is 0 Å². The first kappa shape index (κ1) is 8.26. The van der Waals surface area contributed by atoms with Crippen LogP contribution in [0.2, 0.25) is 0 Å². The second-order valence-corrected chi connectivity index (χ2v) is 3.48. The molecule has 0 spiro atoms. The lowest BCUT2D eigenvalue weighted by molar-refractivity contribution is 0.431. The van der Waals surface area contributed by atoms with E-state index in [0.29, 0.717) is 5.92 Å². The highest BCUT2D eigenvalue weighted by Crippen LogP contribution is 2.38. The summed E-state index contributed by atoms with van der Waals surface area (Å²) in [5.74, 6) is 3.27. The summed E-state index contributed by atoms with van der Waals surface area (Å²) in [7, 11) is 0. The van der Waals surface area contributed by atoms with Crippen molar-refractivity contribution in [2.24, 2.45) is 16.1 Å². The van der Waals surface area contributed by atoms with Crippen molar-refractivity contribution < 1.29 is 0 Å². The Morgan fingerprint density at radius 3 is 2.45 bits per heavy atom. The smallest absolute Gasteiger partial charge is 0.159 e. The van der Waals surface area contributed by atoms with Gasteiger partial charge in [0.2, 0.25) is 0 Å². The van der Waals surface area contributed by atoms with Crippen molar-refractivity contribution in [3.05, 3.63) is 0 Å². The predicted molar refractivity (Wildman–Crippen MR) is 45.1 cm³/mol. The summed E-state index contributed by atoms with van der Waals surface area (Å²) in [6, 6.07) is 0. The van der Waals surface area contributed by atoms with Crippen LogP contribution in [0.4, 0.5) is 0 Å². The van der Waals surface area contributed by atoms with Gasteiger partial charge in [-0.1, -0.05) is 13.8 Å². The fourth-order valence-electron chi connectivity index (χ4n) is 1.28. The standard InChI is InChI=1S/C9H14N2/c1-4-5-6-9(10-11-9)7-8(2)3/h1,8H,5-7H2,2-3H3. The van der Waals surface area contributed by atoms with Crippen LogP contribution in [0, 0.1) is 18.3 Å². The van der Waals surface area contributed by atoms with Crippen molar-refractivity contribution in [2.75, 3.05) is 0 Å². The molecule has 0 aromatic carbocycles. The summed E-state index contributed by atoms with van der Waals surface area (Å²) >= 11 is 0. The van der Waals surface area contributed by atoms with Gasteiger partial charge in [0, 0.05) is 12.8 Å². The van der Waals surface area contributed by atoms with Gasteiger partial charge in [0.15, 0.2) is 5.66 Å². The first-order valence-electron chi connectivity index (χ1n) is 4.06. The normalized spacial score (nSPS) is 18.4. The molecule has 1 aliphatic rings. The van der Waals surface area contributed by atoms with E-state index in [2.05, 4.69) is 30.0 Å². The van der Waals surface area contributed by atoms with E-state index in [1.54, 1.807) is 0 Å². The van der Waals surface area contributed by atoms with Gasteiger partial charge in [-0.2, -0.15) is 10.2 Å². The Hall–Kier alpha value is -0.840. The zero-order chi connectivity index (χ0) is 8.32. The molecule has 0 aromatic rings. The zero-order valence-electron chi connectivity index (χ0n) is 7.17. The lowest BCUT2D eigenvalue weighted by Gasteiger charge is -2.10. The van der Waals surface area contributed by atoms with Gasteiger partial charge in [-0.15, -0.1) is 12.3 Å². The van der Waals surface area contributed by atoms with Crippen LogP contribution in [-0.2, 0) is 0 Å². The van der Waals surface area contributed by atoms with E-state index in [4.69, 9.17) is 6.42 Å². The largest absolute Gasteiger partial charge is 0.192 e. The van der Waals surface area contributed by atoms with Crippen molar-refractivity contribution in [3.63, 3.8) is 0 Å². The number of nitrogens with zero attached hydrogens (tertiary/aromatic N) is 2. The summed E-state index contributed by atoms with van der Waals surface area (Å²) in [5, 5.41) is 8.08. The highest BCUT2D eigenvalue weighted by Gasteiger charge is 2.39. The molecule has 0 fully saturated rings. The molecule has 0 radical (unpaired) electrons. The van der Waals surface area contributed by atoms with E-state index in [0.717, 1.165) is 19.3 Å². The van der Waals surface area contributed by atoms with Crippen LogP contribution >= 0.6 is 0 Å². The first-order valence-corrected chi connectivity index (χ1v) is 4.06. The average molecular weight is 150 g/mol. The summed E-state index contributed by atoms with van der Waals surface area (Å²) in [5.41, 5.74) is -0.0689. The third kappa shape index (κ3) is 2.34. The van der Waals surface area contributed by atoms with E-state index in [9.17, 15) is 0 Å². The van der Waals surface area contributed by atoms with Crippen molar-refractivity contribution in [1.29, 1.82) is 0 Å². The van der Waals surface area contributed by atoms with Gasteiger partial charge >= 0.3 is 0 Å². The first-order chi connectivity index (χ1) is 5.18. The SMILES string of the molecule is C#CCCC1(CC(C)C)N=N1. The molecule has 0 saturated carbocycles. The Bertz CT molecular complexity index is 192. The predicted octanol–water partition coefficient (Wildman–Crippen LogP) is 2.61. The Balaban J connectivity index is 2.25. The molecule has 1 aliphatic heterocycles. The number of rotatable bonds is 4. The topological polar surface area (TPSA) is 24.7 Å². The summed E-state index contributed by atoms with van der Waals surface area (Å²) in [6.45, 7) is 4.36. The molecule has 0 bridgehead atoms. The highest BCUT2D eigenvalue weighted by molar-refractivity contribution is 4.98. The molecule has 2 nitrogen and oxygen atoms in total. The molecule has 0 N–H and O–H groups in total. The van der Waals surface area contributed by atoms with E-state index >= 15 is 0 Å². The Morgan fingerprint density at radius 1 is 1.45 bits per heavy atom. The van der Waals surface area contributed by atoms with Gasteiger partial charge in [-0.05, 0) is 12.3 Å². The van der Waals surface area contributed by atoms with E-state index < -0.39 is 0 Å².